The fourth-order valence-corrected chi connectivity index (χ4v) is 7.04. The molecule has 0 bridgehead atoms. The molecule has 1 aliphatic carbocycles. The minimum absolute atomic E-state index is 0.0133. The number of nitrogens with zero attached hydrogens (tertiary/aromatic N) is 1. The number of H-pyrrole nitrogens is 1. The highest BCUT2D eigenvalue weighted by molar-refractivity contribution is 7.26. The van der Waals surface area contributed by atoms with Gasteiger partial charge in [-0.1, -0.05) is 44.2 Å². The molecule has 2 fully saturated rings. The summed E-state index contributed by atoms with van der Waals surface area (Å²) < 4.78 is 13.1. The first-order valence-corrected chi connectivity index (χ1v) is 16.7. The van der Waals surface area contributed by atoms with Gasteiger partial charge in [0, 0.05) is 61.5 Å². The maximum atomic E-state index is 13.3. The number of ether oxygens (including phenoxy) is 2. The standard InChI is InChI=1S/C34H34N4O5S.C2H6/c1-33(2,3)43-32(41)37-34(12-13-34)31(40)35-20-10-11-27-25(18-20)23-8-5-7-22(30(23)44-27)21-6-4-9-24-26(39)19-28(36-29(21)24)38-14-16-42-17-15-38;1-2/h4-11,18-19H,12-17H2,1-3H3,(H,35,40)(H,36,39)(H,37,41);1-2H3. The maximum absolute atomic E-state index is 13.3. The van der Waals surface area contributed by atoms with E-state index in [4.69, 9.17) is 9.47 Å². The molecule has 1 aliphatic heterocycles. The molecule has 0 atom stereocenters. The van der Waals surface area contributed by atoms with Gasteiger partial charge in [0.05, 0.1) is 18.7 Å². The Kier molecular flexibility index (Phi) is 8.52. The van der Waals surface area contributed by atoms with E-state index in [1.54, 1.807) is 38.2 Å². The minimum Gasteiger partial charge on any atom is -0.444 e. The van der Waals surface area contributed by atoms with Crippen LogP contribution in [-0.4, -0.2) is 54.4 Å². The lowest BCUT2D eigenvalue weighted by Gasteiger charge is -2.28. The van der Waals surface area contributed by atoms with Gasteiger partial charge in [0.2, 0.25) is 5.91 Å². The molecular weight excluding hydrogens is 600 g/mol. The number of hydrogen-bond acceptors (Lipinski definition) is 7. The predicted molar refractivity (Wildman–Crippen MR) is 187 cm³/mol. The molecule has 2 amide bonds. The lowest BCUT2D eigenvalue weighted by atomic mass is 9.99. The SMILES string of the molecule is CC.CC(C)(C)OC(=O)NC1(C(=O)Nc2ccc3sc4c(-c5cccc6c(=O)cc(N7CCOCC7)[nH]c56)cccc4c3c2)CC1. The van der Waals surface area contributed by atoms with E-state index in [-0.39, 0.29) is 11.3 Å². The second-order valence-corrected chi connectivity index (χ2v) is 13.6. The summed E-state index contributed by atoms with van der Waals surface area (Å²) >= 11 is 1.68. The first-order chi connectivity index (χ1) is 22.1. The van der Waals surface area contributed by atoms with Crippen LogP contribution >= 0.6 is 11.3 Å². The number of alkyl carbamates (subject to hydrolysis) is 1. The number of pyridine rings is 1. The second kappa shape index (κ2) is 12.4. The van der Waals surface area contributed by atoms with Gasteiger partial charge >= 0.3 is 6.09 Å². The minimum atomic E-state index is -0.952. The van der Waals surface area contributed by atoms with Gasteiger partial charge < -0.3 is 30.0 Å². The Bertz CT molecular complexity index is 2000. The largest absolute Gasteiger partial charge is 0.444 e. The number of carbonyl (C=O) groups is 2. The summed E-state index contributed by atoms with van der Waals surface area (Å²) in [5.74, 6) is 0.551. The highest BCUT2D eigenvalue weighted by atomic mass is 32.1. The lowest BCUT2D eigenvalue weighted by Crippen LogP contribution is -2.47. The van der Waals surface area contributed by atoms with E-state index in [0.29, 0.717) is 37.1 Å². The number of fused-ring (bicyclic) bond motifs is 4. The zero-order chi connectivity index (χ0) is 32.6. The van der Waals surface area contributed by atoms with Crippen LogP contribution in [0.5, 0.6) is 0 Å². The Morgan fingerprint density at radius 3 is 2.33 bits per heavy atom. The Labute approximate surface area is 271 Å². The summed E-state index contributed by atoms with van der Waals surface area (Å²) in [5, 5.41) is 8.52. The molecule has 3 aromatic carbocycles. The number of aromatic nitrogens is 1. The van der Waals surface area contributed by atoms with E-state index < -0.39 is 17.2 Å². The van der Waals surface area contributed by atoms with Crippen LogP contribution in [0.2, 0.25) is 0 Å². The molecule has 3 N–H and O–H groups in total. The zero-order valence-corrected chi connectivity index (χ0v) is 27.7. The molecule has 2 aromatic heterocycles. The number of hydrogen-bond donors (Lipinski definition) is 3. The molecule has 3 heterocycles. The van der Waals surface area contributed by atoms with Crippen molar-refractivity contribution in [1.29, 1.82) is 0 Å². The second-order valence-electron chi connectivity index (χ2n) is 12.5. The van der Waals surface area contributed by atoms with Crippen LogP contribution < -0.4 is 21.0 Å². The summed E-state index contributed by atoms with van der Waals surface area (Å²) in [6, 6.07) is 19.6. The molecule has 0 radical (unpaired) electrons. The number of amides is 2. The lowest BCUT2D eigenvalue weighted by molar-refractivity contribution is -0.119. The number of aromatic amines is 1. The quantitative estimate of drug-likeness (QED) is 0.184. The van der Waals surface area contributed by atoms with Crippen molar-refractivity contribution in [3.05, 3.63) is 70.9 Å². The average Bonchev–Trinajstić information content (AvgIpc) is 3.73. The van der Waals surface area contributed by atoms with E-state index in [0.717, 1.165) is 55.7 Å². The van der Waals surface area contributed by atoms with Crippen LogP contribution in [0.1, 0.15) is 47.5 Å². The first-order valence-electron chi connectivity index (χ1n) is 15.9. The molecule has 1 saturated heterocycles. The summed E-state index contributed by atoms with van der Waals surface area (Å²) in [6.07, 6.45) is 0.528. The van der Waals surface area contributed by atoms with Crippen LogP contribution in [-0.2, 0) is 14.3 Å². The average molecular weight is 641 g/mol. The number of para-hydroxylation sites is 1. The van der Waals surface area contributed by atoms with Crippen LogP contribution in [0.25, 0.3) is 42.2 Å². The molecule has 240 valence electrons. The van der Waals surface area contributed by atoms with Gasteiger partial charge in [0.25, 0.3) is 0 Å². The van der Waals surface area contributed by atoms with E-state index >= 15 is 0 Å². The van der Waals surface area contributed by atoms with E-state index in [9.17, 15) is 14.4 Å². The monoisotopic (exact) mass is 640 g/mol. The van der Waals surface area contributed by atoms with Crippen molar-refractivity contribution < 1.29 is 19.1 Å². The number of nitrogens with one attached hydrogen (secondary N) is 3. The zero-order valence-electron chi connectivity index (χ0n) is 26.9. The van der Waals surface area contributed by atoms with Gasteiger partial charge in [-0.2, -0.15) is 0 Å². The molecular formula is C36H40N4O5S. The Morgan fingerprint density at radius 1 is 0.935 bits per heavy atom. The molecule has 7 rings (SSSR count). The molecule has 0 spiro atoms. The third-order valence-corrected chi connectivity index (χ3v) is 9.39. The molecule has 9 nitrogen and oxygen atoms in total. The third-order valence-electron chi connectivity index (χ3n) is 8.17. The maximum Gasteiger partial charge on any atom is 0.408 e. The number of thiophene rings is 1. The third kappa shape index (κ3) is 6.19. The Balaban J connectivity index is 0.00000182. The topological polar surface area (TPSA) is 113 Å². The summed E-state index contributed by atoms with van der Waals surface area (Å²) in [6.45, 7) is 12.1. The first kappa shape index (κ1) is 31.6. The van der Waals surface area contributed by atoms with Crippen LogP contribution in [0.15, 0.2) is 65.5 Å². The molecule has 1 saturated carbocycles. The van der Waals surface area contributed by atoms with Crippen LogP contribution in [0.4, 0.5) is 16.3 Å². The number of benzene rings is 3. The number of rotatable bonds is 5. The van der Waals surface area contributed by atoms with Gasteiger partial charge in [0.1, 0.15) is 17.0 Å². The molecule has 46 heavy (non-hydrogen) atoms. The van der Waals surface area contributed by atoms with Crippen molar-refractivity contribution in [2.24, 2.45) is 0 Å². The van der Waals surface area contributed by atoms with Gasteiger partial charge in [0.15, 0.2) is 5.43 Å². The summed E-state index contributed by atoms with van der Waals surface area (Å²) in [4.78, 5) is 44.6. The van der Waals surface area contributed by atoms with Gasteiger partial charge in [-0.3, -0.25) is 9.59 Å². The predicted octanol–water partition coefficient (Wildman–Crippen LogP) is 7.42. The van der Waals surface area contributed by atoms with Crippen LogP contribution in [0, 0.1) is 0 Å². The Morgan fingerprint density at radius 2 is 1.63 bits per heavy atom. The van der Waals surface area contributed by atoms with E-state index in [1.165, 1.54) is 0 Å². The number of morpholine rings is 1. The van der Waals surface area contributed by atoms with Gasteiger partial charge in [-0.05, 0) is 57.9 Å². The Hall–Kier alpha value is -4.41. The van der Waals surface area contributed by atoms with Crippen molar-refractivity contribution >= 4 is 65.9 Å². The number of carbonyl (C=O) groups excluding carboxylic acids is 2. The summed E-state index contributed by atoms with van der Waals surface area (Å²) in [7, 11) is 0. The van der Waals surface area contributed by atoms with Crippen molar-refractivity contribution in [1.82, 2.24) is 10.3 Å². The van der Waals surface area contributed by atoms with Gasteiger partial charge in [-0.15, -0.1) is 11.3 Å². The van der Waals surface area contributed by atoms with Crippen molar-refractivity contribution in [2.75, 3.05) is 36.5 Å². The van der Waals surface area contributed by atoms with Gasteiger partial charge in [-0.25, -0.2) is 4.79 Å². The highest BCUT2D eigenvalue weighted by Gasteiger charge is 2.52. The highest BCUT2D eigenvalue weighted by Crippen LogP contribution is 2.43. The number of anilines is 2. The van der Waals surface area contributed by atoms with E-state index in [1.807, 2.05) is 50.2 Å². The summed E-state index contributed by atoms with van der Waals surface area (Å²) in [5.41, 5.74) is 1.86. The fourth-order valence-electron chi connectivity index (χ4n) is 5.83. The molecule has 5 aromatic rings. The van der Waals surface area contributed by atoms with Crippen molar-refractivity contribution in [3.8, 4) is 11.1 Å². The van der Waals surface area contributed by atoms with E-state index in [2.05, 4.69) is 38.7 Å². The molecule has 0 unspecified atom stereocenters. The van der Waals surface area contributed by atoms with Crippen molar-refractivity contribution in [3.63, 3.8) is 0 Å². The smallest absolute Gasteiger partial charge is 0.408 e. The molecule has 10 heteroatoms. The molecule has 2 aliphatic rings. The fraction of sp³-hybridized carbons (Fsp3) is 0.361. The van der Waals surface area contributed by atoms with Crippen LogP contribution in [0.3, 0.4) is 0 Å². The van der Waals surface area contributed by atoms with Crippen molar-refractivity contribution in [2.45, 2.75) is 58.6 Å². The normalized spacial score (nSPS) is 15.7.